The Labute approximate surface area is 171 Å². The molecule has 0 aliphatic heterocycles. The van der Waals surface area contributed by atoms with E-state index in [0.29, 0.717) is 0 Å². The van der Waals surface area contributed by atoms with Gasteiger partial charge < -0.3 is 38.7 Å². The molecule has 0 N–H and O–H groups in total. The zero-order chi connectivity index (χ0) is 13.9. The summed E-state index contributed by atoms with van der Waals surface area (Å²) in [6.07, 6.45) is 8.28. The number of hydrogen-bond acceptors (Lipinski definition) is 0. The maximum absolute atomic E-state index is 3.91. The van der Waals surface area contributed by atoms with Crippen molar-refractivity contribution in [2.75, 3.05) is 0 Å². The third-order valence-electron chi connectivity index (χ3n) is 3.54. The first-order valence-electron chi connectivity index (χ1n) is 6.68. The number of fused-ring (bicyclic) bond motifs is 2. The molecule has 0 heterocycles. The summed E-state index contributed by atoms with van der Waals surface area (Å²) in [6.45, 7) is 7.82. The molecule has 0 fully saturated rings. The van der Waals surface area contributed by atoms with E-state index < -0.39 is 0 Å². The standard InChI is InChI=1S/2C10H8.2ClH.Zr/c2*1-8-6-7-9-4-2-3-5-10(8)9;;;/h2*2-7H,1H2;2*1H;/q2*-1;;;+2/p-2. The normalized spacial score (nSPS) is 13.7. The maximum Gasteiger partial charge on any atom is 2.00 e. The minimum atomic E-state index is 0. The molecule has 2 aromatic carbocycles. The molecular formula is C20H16Cl2Zr-2. The summed E-state index contributed by atoms with van der Waals surface area (Å²) in [5, 5.41) is 0. The van der Waals surface area contributed by atoms with Crippen molar-refractivity contribution in [2.45, 2.75) is 0 Å². The molecule has 0 saturated heterocycles. The van der Waals surface area contributed by atoms with Crippen LogP contribution in [0.3, 0.4) is 0 Å². The van der Waals surface area contributed by atoms with Gasteiger partial charge in [-0.15, -0.1) is 24.0 Å². The van der Waals surface area contributed by atoms with E-state index in [1.54, 1.807) is 0 Å². The van der Waals surface area contributed by atoms with E-state index >= 15 is 0 Å². The van der Waals surface area contributed by atoms with Crippen LogP contribution in [0, 0.1) is 25.7 Å². The van der Waals surface area contributed by atoms with Crippen molar-refractivity contribution < 1.29 is 51.0 Å². The minimum absolute atomic E-state index is 0. The second-order valence-electron chi connectivity index (χ2n) is 4.89. The number of hydrogen-bond donors (Lipinski definition) is 0. The summed E-state index contributed by atoms with van der Waals surface area (Å²) >= 11 is 0. The smallest absolute Gasteiger partial charge is 1.00 e. The van der Waals surface area contributed by atoms with Gasteiger partial charge in [0.2, 0.25) is 0 Å². The molecule has 4 rings (SSSR count). The average Bonchev–Trinajstić information content (AvgIpc) is 3.05. The van der Waals surface area contributed by atoms with Crippen LogP contribution < -0.4 is 24.8 Å². The predicted molar refractivity (Wildman–Crippen MR) is 86.4 cm³/mol. The van der Waals surface area contributed by atoms with Gasteiger partial charge in [0.25, 0.3) is 0 Å². The Kier molecular flexibility index (Phi) is 10.0. The molecule has 23 heavy (non-hydrogen) atoms. The fourth-order valence-corrected chi connectivity index (χ4v) is 2.43. The molecule has 2 aliphatic rings. The van der Waals surface area contributed by atoms with Crippen LogP contribution in [0.25, 0.3) is 12.2 Å². The molecule has 0 aromatic heterocycles. The number of halogens is 2. The molecule has 0 unspecified atom stereocenters. The summed E-state index contributed by atoms with van der Waals surface area (Å²) in [5.74, 6) is 2.24. The van der Waals surface area contributed by atoms with Gasteiger partial charge in [0, 0.05) is 0 Å². The molecule has 0 spiro atoms. The summed E-state index contributed by atoms with van der Waals surface area (Å²) < 4.78 is 0. The zero-order valence-corrected chi connectivity index (χ0v) is 16.6. The monoisotopic (exact) mass is 416 g/mol. The molecule has 0 atom stereocenters. The van der Waals surface area contributed by atoms with Gasteiger partial charge in [-0.2, -0.15) is 0 Å². The molecule has 3 heteroatoms. The number of allylic oxidation sites excluding steroid dienone is 2. The van der Waals surface area contributed by atoms with Crippen molar-refractivity contribution in [3.63, 3.8) is 0 Å². The Morgan fingerprint density at radius 2 is 0.870 bits per heavy atom. The maximum atomic E-state index is 3.91. The van der Waals surface area contributed by atoms with E-state index in [1.807, 2.05) is 36.4 Å². The Morgan fingerprint density at radius 3 is 1.22 bits per heavy atom. The van der Waals surface area contributed by atoms with Gasteiger partial charge in [0.1, 0.15) is 0 Å². The van der Waals surface area contributed by atoms with Crippen LogP contribution in [0.5, 0.6) is 0 Å². The average molecular weight is 418 g/mol. The van der Waals surface area contributed by atoms with Crippen molar-refractivity contribution in [3.8, 4) is 0 Å². The van der Waals surface area contributed by atoms with Gasteiger partial charge in [-0.3, -0.25) is 0 Å². The van der Waals surface area contributed by atoms with Crippen molar-refractivity contribution in [3.05, 3.63) is 109 Å². The minimum Gasteiger partial charge on any atom is -1.00 e. The topological polar surface area (TPSA) is 0 Å². The summed E-state index contributed by atoms with van der Waals surface area (Å²) in [7, 11) is 0. The van der Waals surface area contributed by atoms with Crippen molar-refractivity contribution in [1.82, 2.24) is 0 Å². The summed E-state index contributed by atoms with van der Waals surface area (Å²) in [6, 6.07) is 16.6. The van der Waals surface area contributed by atoms with Gasteiger partial charge >= 0.3 is 26.2 Å². The first kappa shape index (κ1) is 22.4. The van der Waals surface area contributed by atoms with Crippen LogP contribution in [0.15, 0.2) is 60.7 Å². The van der Waals surface area contributed by atoms with Gasteiger partial charge in [0.05, 0.1) is 0 Å². The van der Waals surface area contributed by atoms with E-state index in [9.17, 15) is 0 Å². The van der Waals surface area contributed by atoms with Crippen LogP contribution in [0.4, 0.5) is 0 Å². The fraction of sp³-hybridized carbons (Fsp3) is 0. The quantitative estimate of drug-likeness (QED) is 0.479. The molecule has 2 aromatic rings. The van der Waals surface area contributed by atoms with E-state index in [2.05, 4.69) is 50.3 Å². The van der Waals surface area contributed by atoms with Crippen molar-refractivity contribution in [2.24, 2.45) is 0 Å². The van der Waals surface area contributed by atoms with Gasteiger partial charge in [0.15, 0.2) is 0 Å². The molecule has 0 amide bonds. The first-order chi connectivity index (χ1) is 9.75. The molecule has 0 nitrogen and oxygen atoms in total. The van der Waals surface area contributed by atoms with Gasteiger partial charge in [-0.1, -0.05) is 71.8 Å². The van der Waals surface area contributed by atoms with Crippen molar-refractivity contribution >= 4 is 12.2 Å². The zero-order valence-electron chi connectivity index (χ0n) is 12.6. The second kappa shape index (κ2) is 10.3. The molecule has 0 saturated carbocycles. The first-order valence-corrected chi connectivity index (χ1v) is 6.68. The SMILES string of the molecule is [CH2-][C]1C=Cc2ccccc21.[CH2-][C]1C=Cc2ccccc21.[Cl-].[Cl-].[Zr+2]. The third kappa shape index (κ3) is 5.18. The summed E-state index contributed by atoms with van der Waals surface area (Å²) in [4.78, 5) is 0. The second-order valence-corrected chi connectivity index (χ2v) is 4.89. The summed E-state index contributed by atoms with van der Waals surface area (Å²) in [5.41, 5.74) is 5.10. The third-order valence-corrected chi connectivity index (χ3v) is 3.54. The van der Waals surface area contributed by atoms with Crippen LogP contribution in [0.1, 0.15) is 22.3 Å². The van der Waals surface area contributed by atoms with E-state index in [1.165, 1.54) is 22.3 Å². The van der Waals surface area contributed by atoms with Gasteiger partial charge in [-0.05, 0) is 11.1 Å². The van der Waals surface area contributed by atoms with Gasteiger partial charge in [-0.25, -0.2) is 0 Å². The van der Waals surface area contributed by atoms with Crippen LogP contribution in [-0.4, -0.2) is 0 Å². The Morgan fingerprint density at radius 1 is 0.522 bits per heavy atom. The molecular weight excluding hydrogens is 402 g/mol. The van der Waals surface area contributed by atoms with E-state index in [4.69, 9.17) is 0 Å². The van der Waals surface area contributed by atoms with Crippen LogP contribution in [0.2, 0.25) is 0 Å². The predicted octanol–water partition coefficient (Wildman–Crippen LogP) is -1.05. The fourth-order valence-electron chi connectivity index (χ4n) is 2.43. The van der Waals surface area contributed by atoms with Crippen molar-refractivity contribution in [1.29, 1.82) is 0 Å². The Balaban J connectivity index is 0.000000372. The number of benzene rings is 2. The number of rotatable bonds is 0. The van der Waals surface area contributed by atoms with Crippen LogP contribution in [-0.2, 0) is 26.2 Å². The molecule has 2 aliphatic carbocycles. The van der Waals surface area contributed by atoms with E-state index in [-0.39, 0.29) is 51.0 Å². The molecule has 116 valence electrons. The Hall–Kier alpha value is -0.617. The molecule has 0 bridgehead atoms. The largest absolute Gasteiger partial charge is 2.00 e. The molecule has 2 radical (unpaired) electrons. The van der Waals surface area contributed by atoms with E-state index in [0.717, 1.165) is 11.8 Å². The van der Waals surface area contributed by atoms with Crippen LogP contribution >= 0.6 is 0 Å². The Bertz CT molecular complexity index is 617.